The van der Waals surface area contributed by atoms with Gasteiger partial charge in [0.2, 0.25) is 0 Å². The molecule has 0 aliphatic carbocycles. The minimum atomic E-state index is -6.25. The molecule has 2 aromatic carbocycles. The van der Waals surface area contributed by atoms with Crippen molar-refractivity contribution < 1.29 is 45.0 Å². The summed E-state index contributed by atoms with van der Waals surface area (Å²) >= 11 is 0. The number of halogens is 3. The van der Waals surface area contributed by atoms with E-state index in [0.717, 1.165) is 0 Å². The van der Waals surface area contributed by atoms with E-state index in [9.17, 15) is 36.0 Å². The molecule has 1 heterocycles. The average Bonchev–Trinajstić information content (AvgIpc) is 2.72. The molecule has 0 N–H and O–H groups in total. The first-order valence-corrected chi connectivity index (χ1v) is 10.5. The molecular formula is C20H14F3NO7S. The number of rotatable bonds is 5. The molecule has 0 unspecified atom stereocenters. The average molecular weight is 469 g/mol. The lowest BCUT2D eigenvalue weighted by Crippen LogP contribution is -2.44. The fourth-order valence-corrected chi connectivity index (χ4v) is 3.33. The molecule has 0 spiro atoms. The van der Waals surface area contributed by atoms with Gasteiger partial charge < -0.3 is 4.74 Å². The van der Waals surface area contributed by atoms with E-state index in [1.165, 1.54) is 30.3 Å². The highest BCUT2D eigenvalue weighted by molar-refractivity contribution is 7.87. The Morgan fingerprint density at radius 2 is 1.75 bits per heavy atom. The highest BCUT2D eigenvalue weighted by Gasteiger charge is 2.51. The van der Waals surface area contributed by atoms with Gasteiger partial charge in [0, 0.05) is 17.4 Å². The second kappa shape index (κ2) is 8.60. The van der Waals surface area contributed by atoms with Crippen LogP contribution in [-0.2, 0) is 23.9 Å². The number of hydroxylamine groups is 2. The number of hydrogen-bond donors (Lipinski definition) is 0. The molecule has 32 heavy (non-hydrogen) atoms. The van der Waals surface area contributed by atoms with E-state index in [1.807, 2.05) is 6.92 Å². The number of nitrogens with zero attached hydrogens (tertiary/aromatic N) is 1. The Balaban J connectivity index is 1.98. The molecule has 0 saturated heterocycles. The Kier molecular flexibility index (Phi) is 6.25. The third kappa shape index (κ3) is 4.30. The molecule has 0 fully saturated rings. The molecule has 0 bridgehead atoms. The van der Waals surface area contributed by atoms with Gasteiger partial charge in [-0.25, -0.2) is 0 Å². The molecule has 2 aromatic rings. The van der Waals surface area contributed by atoms with Crippen molar-refractivity contribution in [2.75, 3.05) is 6.61 Å². The molecule has 0 saturated carbocycles. The number of esters is 1. The standard InChI is InChI=1S/C20H14F3NO7S/c1-2-5-16(25)30-11-4-6-12-9-10-15-17-13(12)7-3-8-14(17)18(26)24(19(15)27)31-32(28,29)20(21,22)23/h3,7-10H,2,5,11H2,1H3. The van der Waals surface area contributed by atoms with Crippen LogP contribution in [0.15, 0.2) is 30.3 Å². The van der Waals surface area contributed by atoms with Crippen LogP contribution in [0.5, 0.6) is 0 Å². The lowest BCUT2D eigenvalue weighted by molar-refractivity contribution is -0.142. The number of benzene rings is 2. The third-order valence-corrected chi connectivity index (χ3v) is 5.22. The summed E-state index contributed by atoms with van der Waals surface area (Å²) in [6.45, 7) is 1.63. The van der Waals surface area contributed by atoms with Gasteiger partial charge in [-0.3, -0.25) is 14.4 Å². The van der Waals surface area contributed by atoms with Gasteiger partial charge in [-0.2, -0.15) is 21.6 Å². The highest BCUT2D eigenvalue weighted by Crippen LogP contribution is 2.34. The van der Waals surface area contributed by atoms with Gasteiger partial charge in [0.25, 0.3) is 11.8 Å². The molecule has 0 radical (unpaired) electrons. The van der Waals surface area contributed by atoms with Gasteiger partial charge in [0.05, 0.1) is 11.1 Å². The van der Waals surface area contributed by atoms with Gasteiger partial charge in [0.1, 0.15) is 0 Å². The van der Waals surface area contributed by atoms with E-state index in [4.69, 9.17) is 4.74 Å². The summed E-state index contributed by atoms with van der Waals surface area (Å²) in [5.41, 5.74) is -5.96. The number of amides is 2. The van der Waals surface area contributed by atoms with Gasteiger partial charge in [-0.05, 0) is 30.0 Å². The fourth-order valence-electron chi connectivity index (χ4n) is 2.92. The van der Waals surface area contributed by atoms with Crippen LogP contribution in [0.3, 0.4) is 0 Å². The second-order valence-corrected chi connectivity index (χ2v) is 8.00. The molecular weight excluding hydrogens is 455 g/mol. The van der Waals surface area contributed by atoms with Crippen LogP contribution in [-0.4, -0.2) is 43.4 Å². The van der Waals surface area contributed by atoms with Crippen LogP contribution in [0.25, 0.3) is 10.8 Å². The summed E-state index contributed by atoms with van der Waals surface area (Å²) in [4.78, 5) is 36.5. The van der Waals surface area contributed by atoms with Gasteiger partial charge in [0.15, 0.2) is 6.61 Å². The predicted octanol–water partition coefficient (Wildman–Crippen LogP) is 2.91. The number of ether oxygens (including phenoxy) is 1. The summed E-state index contributed by atoms with van der Waals surface area (Å²) < 4.78 is 69.3. The van der Waals surface area contributed by atoms with Crippen LogP contribution >= 0.6 is 0 Å². The lowest BCUT2D eigenvalue weighted by atomic mass is 9.92. The minimum absolute atomic E-state index is 0.0848. The Bertz CT molecular complexity index is 1270. The first kappa shape index (κ1) is 23.2. The smallest absolute Gasteiger partial charge is 0.452 e. The number of carbonyl (C=O) groups is 3. The Morgan fingerprint density at radius 3 is 2.38 bits per heavy atom. The van der Waals surface area contributed by atoms with Crippen molar-refractivity contribution in [2.45, 2.75) is 25.3 Å². The number of imide groups is 1. The maximum Gasteiger partial charge on any atom is 0.525 e. The van der Waals surface area contributed by atoms with E-state index < -0.39 is 38.5 Å². The third-order valence-electron chi connectivity index (χ3n) is 4.31. The molecule has 12 heteroatoms. The monoisotopic (exact) mass is 469 g/mol. The van der Waals surface area contributed by atoms with Gasteiger partial charge in [-0.15, -0.1) is 9.35 Å². The van der Waals surface area contributed by atoms with Crippen LogP contribution < -0.4 is 0 Å². The Hall–Kier alpha value is -3.43. The Labute approximate surface area is 180 Å². The van der Waals surface area contributed by atoms with Crippen molar-refractivity contribution >= 4 is 38.7 Å². The first-order chi connectivity index (χ1) is 15.0. The molecule has 1 aliphatic heterocycles. The van der Waals surface area contributed by atoms with Crippen molar-refractivity contribution in [3.05, 3.63) is 47.0 Å². The van der Waals surface area contributed by atoms with Gasteiger partial charge >= 0.3 is 21.6 Å². The summed E-state index contributed by atoms with van der Waals surface area (Å²) in [6, 6.07) is 6.68. The van der Waals surface area contributed by atoms with Gasteiger partial charge in [-0.1, -0.05) is 30.9 Å². The van der Waals surface area contributed by atoms with Crippen molar-refractivity contribution in [1.29, 1.82) is 0 Å². The molecule has 168 valence electrons. The molecule has 0 aromatic heterocycles. The molecule has 1 aliphatic rings. The van der Waals surface area contributed by atoms with Crippen molar-refractivity contribution in [2.24, 2.45) is 0 Å². The molecule has 2 amide bonds. The quantitative estimate of drug-likeness (QED) is 0.287. The lowest BCUT2D eigenvalue weighted by Gasteiger charge is -2.25. The van der Waals surface area contributed by atoms with Crippen LogP contribution in [0, 0.1) is 11.8 Å². The van der Waals surface area contributed by atoms with E-state index >= 15 is 0 Å². The largest absolute Gasteiger partial charge is 0.525 e. The molecule has 3 rings (SSSR count). The zero-order chi connectivity index (χ0) is 23.7. The zero-order valence-corrected chi connectivity index (χ0v) is 17.2. The topological polar surface area (TPSA) is 107 Å². The normalized spacial score (nSPS) is 13.7. The number of hydrogen-bond acceptors (Lipinski definition) is 7. The van der Waals surface area contributed by atoms with Crippen molar-refractivity contribution in [1.82, 2.24) is 5.06 Å². The van der Waals surface area contributed by atoms with E-state index in [2.05, 4.69) is 16.1 Å². The van der Waals surface area contributed by atoms with Crippen LogP contribution in [0.2, 0.25) is 0 Å². The van der Waals surface area contributed by atoms with E-state index in [-0.39, 0.29) is 29.5 Å². The predicted molar refractivity (Wildman–Crippen MR) is 103 cm³/mol. The fraction of sp³-hybridized carbons (Fsp3) is 0.250. The van der Waals surface area contributed by atoms with Crippen LogP contribution in [0.4, 0.5) is 13.2 Å². The zero-order valence-electron chi connectivity index (χ0n) is 16.4. The highest BCUT2D eigenvalue weighted by atomic mass is 32.2. The summed E-state index contributed by atoms with van der Waals surface area (Å²) in [7, 11) is -6.25. The van der Waals surface area contributed by atoms with Crippen LogP contribution in [0.1, 0.15) is 46.0 Å². The molecule has 0 atom stereocenters. The number of alkyl halides is 3. The van der Waals surface area contributed by atoms with E-state index in [1.54, 1.807) is 0 Å². The number of carbonyl (C=O) groups excluding carboxylic acids is 3. The maximum absolute atomic E-state index is 12.7. The first-order valence-electron chi connectivity index (χ1n) is 9.07. The maximum atomic E-state index is 12.7. The second-order valence-electron chi connectivity index (χ2n) is 6.48. The summed E-state index contributed by atoms with van der Waals surface area (Å²) in [5, 5.41) is -0.0210. The summed E-state index contributed by atoms with van der Waals surface area (Å²) in [5.74, 6) is 2.22. The van der Waals surface area contributed by atoms with E-state index in [0.29, 0.717) is 17.4 Å². The molecule has 8 nitrogen and oxygen atoms in total. The summed E-state index contributed by atoms with van der Waals surface area (Å²) in [6.07, 6.45) is 0.865. The van der Waals surface area contributed by atoms with Crippen molar-refractivity contribution in [3.8, 4) is 11.8 Å². The Morgan fingerprint density at radius 1 is 1.09 bits per heavy atom. The minimum Gasteiger partial charge on any atom is -0.452 e. The SMILES string of the molecule is CCCC(=O)OCC#Cc1ccc2c3c(cccc13)C(=O)N(OS(=O)(=O)C(F)(F)F)C2=O. The van der Waals surface area contributed by atoms with Crippen molar-refractivity contribution in [3.63, 3.8) is 0 Å².